The second kappa shape index (κ2) is 20.4. The van der Waals surface area contributed by atoms with E-state index in [1.54, 1.807) is 48.5 Å². The van der Waals surface area contributed by atoms with E-state index < -0.39 is 42.8 Å². The van der Waals surface area contributed by atoms with Crippen LogP contribution in [0.5, 0.6) is 0 Å². The minimum Gasteiger partial charge on any atom is -0.423 e. The summed E-state index contributed by atoms with van der Waals surface area (Å²) < 4.78 is 30.9. The summed E-state index contributed by atoms with van der Waals surface area (Å²) in [6.07, 6.45) is 0.369. The second-order valence-corrected chi connectivity index (χ2v) is 19.5. The van der Waals surface area contributed by atoms with Crippen LogP contribution in [0, 0.1) is 5.92 Å². The molecule has 16 heteroatoms. The molecule has 2 atom stereocenters. The average molecular weight is 920 g/mol. The van der Waals surface area contributed by atoms with Crippen LogP contribution in [0.2, 0.25) is 0 Å². The van der Waals surface area contributed by atoms with Crippen molar-refractivity contribution in [2.24, 2.45) is 5.92 Å². The first kappa shape index (κ1) is 47.4. The number of fused-ring (bicyclic) bond motifs is 3. The number of rotatable bonds is 17. The molecule has 8 rings (SSSR count). The highest BCUT2D eigenvalue weighted by atomic mass is 32.2. The lowest BCUT2D eigenvalue weighted by atomic mass is 9.77. The predicted molar refractivity (Wildman–Crippen MR) is 266 cm³/mol. The lowest BCUT2D eigenvalue weighted by Gasteiger charge is -2.29. The summed E-state index contributed by atoms with van der Waals surface area (Å²) in [4.78, 5) is 34.4. The zero-order valence-corrected chi connectivity index (χ0v) is 38.7. The summed E-state index contributed by atoms with van der Waals surface area (Å²) in [6, 6.07) is 41.6. The lowest BCUT2D eigenvalue weighted by Crippen LogP contribution is -2.50. The molecule has 344 valence electrons. The first-order valence-corrected chi connectivity index (χ1v) is 23.9. The summed E-state index contributed by atoms with van der Waals surface area (Å²) in [7, 11) is -4.25. The highest BCUT2D eigenvalue weighted by Gasteiger charge is 2.40. The Labute approximate surface area is 392 Å². The second-order valence-electron chi connectivity index (χ2n) is 17.6. The first-order chi connectivity index (χ1) is 32.2. The Balaban J connectivity index is 1.05. The molecule has 67 heavy (non-hydrogen) atoms. The number of carbonyl (C=O) groups excluding carboxylic acids is 2. The third kappa shape index (κ3) is 10.3. The molecule has 0 saturated carbocycles. The Hall–Kier alpha value is -6.10. The first-order valence-electron chi connectivity index (χ1n) is 22.5. The number of likely N-dealkylation sites (tertiary alicyclic amines) is 1. The summed E-state index contributed by atoms with van der Waals surface area (Å²) in [5.74, 6) is -0.990. The largest absolute Gasteiger partial charge is 0.488 e. The van der Waals surface area contributed by atoms with Crippen LogP contribution in [0.25, 0.3) is 32.3 Å². The molecule has 0 bridgehead atoms. The van der Waals surface area contributed by atoms with Gasteiger partial charge in [0, 0.05) is 69.8 Å². The van der Waals surface area contributed by atoms with E-state index >= 15 is 0 Å². The van der Waals surface area contributed by atoms with E-state index in [9.17, 15) is 38.1 Å². The Kier molecular flexibility index (Phi) is 14.4. The SMILES string of the molecule is C[C@H]1C[C@@H](C(=O)NCCN(Cc2ccccc2B(O)O)Cc2c3ccccc3cc3ccccc23)N(C(=O)CN(Cc2ccccc2B(O)O)S(=O)(=O)c2cccc3c(N(C)C)cccc23)C1. The van der Waals surface area contributed by atoms with E-state index in [1.807, 2.05) is 74.4 Å². The van der Waals surface area contributed by atoms with Gasteiger partial charge < -0.3 is 35.2 Å². The molecule has 1 fully saturated rings. The van der Waals surface area contributed by atoms with Crippen molar-refractivity contribution in [1.82, 2.24) is 19.4 Å². The molecule has 0 unspecified atom stereocenters. The van der Waals surface area contributed by atoms with E-state index in [0.29, 0.717) is 47.9 Å². The van der Waals surface area contributed by atoms with Crippen LogP contribution in [0.1, 0.15) is 30.0 Å². The number of benzene rings is 7. The van der Waals surface area contributed by atoms with E-state index in [1.165, 1.54) is 17.0 Å². The fourth-order valence-corrected chi connectivity index (χ4v) is 11.1. The van der Waals surface area contributed by atoms with Crippen molar-refractivity contribution in [3.05, 3.63) is 156 Å². The highest BCUT2D eigenvalue weighted by molar-refractivity contribution is 7.89. The molecule has 0 aromatic heterocycles. The van der Waals surface area contributed by atoms with Crippen molar-refractivity contribution in [2.75, 3.05) is 45.2 Å². The maximum absolute atomic E-state index is 14.9. The summed E-state index contributed by atoms with van der Waals surface area (Å²) >= 11 is 0. The molecule has 1 aliphatic rings. The number of amides is 2. The lowest BCUT2D eigenvalue weighted by molar-refractivity contribution is -0.138. The summed E-state index contributed by atoms with van der Waals surface area (Å²) in [5.41, 5.74) is 3.44. The quantitative estimate of drug-likeness (QED) is 0.0668. The third-order valence-corrected chi connectivity index (χ3v) is 14.7. The van der Waals surface area contributed by atoms with Crippen LogP contribution < -0.4 is 21.1 Å². The van der Waals surface area contributed by atoms with Crippen LogP contribution >= 0.6 is 0 Å². The van der Waals surface area contributed by atoms with Gasteiger partial charge in [-0.2, -0.15) is 4.31 Å². The molecule has 7 aromatic carbocycles. The van der Waals surface area contributed by atoms with Gasteiger partial charge in [-0.3, -0.25) is 14.5 Å². The molecule has 1 saturated heterocycles. The van der Waals surface area contributed by atoms with Gasteiger partial charge in [-0.25, -0.2) is 8.42 Å². The Morgan fingerprint density at radius 2 is 1.24 bits per heavy atom. The van der Waals surface area contributed by atoms with E-state index in [0.717, 1.165) is 42.7 Å². The molecule has 2 amide bonds. The van der Waals surface area contributed by atoms with E-state index in [2.05, 4.69) is 40.5 Å². The molecular formula is C51H55B2N5O8S. The number of nitrogens with zero attached hydrogens (tertiary/aromatic N) is 4. The van der Waals surface area contributed by atoms with Crippen molar-refractivity contribution >= 4 is 85.0 Å². The van der Waals surface area contributed by atoms with Crippen LogP contribution in [0.15, 0.2) is 144 Å². The minimum absolute atomic E-state index is 0.00946. The van der Waals surface area contributed by atoms with Crippen molar-refractivity contribution in [3.63, 3.8) is 0 Å². The van der Waals surface area contributed by atoms with Gasteiger partial charge in [-0.05, 0) is 79.7 Å². The Morgan fingerprint density at radius 3 is 1.87 bits per heavy atom. The van der Waals surface area contributed by atoms with Gasteiger partial charge in [0.25, 0.3) is 0 Å². The maximum atomic E-state index is 14.9. The molecule has 7 aromatic rings. The molecule has 0 aliphatic carbocycles. The van der Waals surface area contributed by atoms with Crippen molar-refractivity contribution < 1.29 is 38.1 Å². The van der Waals surface area contributed by atoms with E-state index in [4.69, 9.17) is 0 Å². The molecule has 0 spiro atoms. The number of anilines is 1. The minimum atomic E-state index is -4.43. The Bertz CT molecular complexity index is 2990. The molecule has 13 nitrogen and oxygen atoms in total. The van der Waals surface area contributed by atoms with Crippen LogP contribution in [-0.4, -0.2) is 115 Å². The number of sulfonamides is 1. The topological polar surface area (TPSA) is 174 Å². The number of hydrogen-bond acceptors (Lipinski definition) is 10. The van der Waals surface area contributed by atoms with Crippen LogP contribution in [0.3, 0.4) is 0 Å². The summed E-state index contributed by atoms with van der Waals surface area (Å²) in [6.45, 7) is 2.63. The monoisotopic (exact) mass is 919 g/mol. The van der Waals surface area contributed by atoms with Gasteiger partial charge in [-0.15, -0.1) is 0 Å². The van der Waals surface area contributed by atoms with Gasteiger partial charge in [0.1, 0.15) is 6.04 Å². The number of nitrogens with one attached hydrogen (secondary N) is 1. The fourth-order valence-electron chi connectivity index (χ4n) is 9.52. The highest BCUT2D eigenvalue weighted by Crippen LogP contribution is 2.34. The zero-order valence-electron chi connectivity index (χ0n) is 37.9. The molecule has 1 aliphatic heterocycles. The fraction of sp³-hybridized carbons (Fsp3) is 0.255. The smallest absolute Gasteiger partial charge is 0.423 e. The van der Waals surface area contributed by atoms with Crippen LogP contribution in [-0.2, 0) is 39.2 Å². The number of hydrogen-bond donors (Lipinski definition) is 5. The Morgan fingerprint density at radius 1 is 0.687 bits per heavy atom. The van der Waals surface area contributed by atoms with Gasteiger partial charge in [0.15, 0.2) is 0 Å². The number of carbonyl (C=O) groups is 2. The molecular weight excluding hydrogens is 864 g/mol. The molecule has 1 heterocycles. The predicted octanol–water partition coefficient (Wildman–Crippen LogP) is 3.82. The zero-order chi connectivity index (χ0) is 47.4. The van der Waals surface area contributed by atoms with Crippen molar-refractivity contribution in [1.29, 1.82) is 0 Å². The van der Waals surface area contributed by atoms with Gasteiger partial charge in [-0.1, -0.05) is 128 Å². The van der Waals surface area contributed by atoms with Crippen molar-refractivity contribution in [3.8, 4) is 0 Å². The van der Waals surface area contributed by atoms with Gasteiger partial charge >= 0.3 is 14.2 Å². The van der Waals surface area contributed by atoms with Gasteiger partial charge in [0.2, 0.25) is 21.8 Å². The van der Waals surface area contributed by atoms with E-state index in [-0.39, 0.29) is 41.8 Å². The van der Waals surface area contributed by atoms with Gasteiger partial charge in [0.05, 0.1) is 11.4 Å². The summed E-state index contributed by atoms with van der Waals surface area (Å²) in [5, 5.41) is 49.7. The third-order valence-electron chi connectivity index (χ3n) is 12.8. The maximum Gasteiger partial charge on any atom is 0.488 e. The molecule has 5 N–H and O–H groups in total. The standard InChI is InChI=1S/C51H55B2N5O8S/c1-35-28-48(51(60)54-26-27-56(31-38-16-6-10-22-45(38)52(61)62)33-44-40-18-8-4-14-36(40)29-37-15-5-9-19-41(37)44)58(30-35)50(59)34-57(32-39-17-7-11-23-46(39)53(63)64)67(65,66)49-25-13-20-42-43(49)21-12-24-47(42)55(2)3/h4-25,29,35,48,61-64H,26-28,30-34H2,1-3H3,(H,54,60)/t35-,48-/m0/s1. The normalized spacial score (nSPS) is 15.2. The van der Waals surface area contributed by atoms with Crippen LogP contribution in [0.4, 0.5) is 5.69 Å². The average Bonchev–Trinajstić information content (AvgIpc) is 3.72. The van der Waals surface area contributed by atoms with Crippen molar-refractivity contribution in [2.45, 2.75) is 43.9 Å². The molecule has 0 radical (unpaired) electrons.